The van der Waals surface area contributed by atoms with Crippen LogP contribution in [0.25, 0.3) is 0 Å². The summed E-state index contributed by atoms with van der Waals surface area (Å²) in [5, 5.41) is 0. The number of aromatic nitrogens is 1. The van der Waals surface area contributed by atoms with Gasteiger partial charge in [0.2, 0.25) is 5.88 Å². The minimum Gasteiger partial charge on any atom is -0.439 e. The summed E-state index contributed by atoms with van der Waals surface area (Å²) in [6.07, 6.45) is -2.86. The Bertz CT molecular complexity index is 775. The maximum Gasteiger partial charge on any atom is 0.500 e. The number of benzene rings is 1. The summed E-state index contributed by atoms with van der Waals surface area (Å²) in [5.41, 5.74) is -1.22. The zero-order chi connectivity index (χ0) is 19.2. The van der Waals surface area contributed by atoms with Crippen LogP contribution in [0.1, 0.15) is 33.3 Å². The van der Waals surface area contributed by atoms with E-state index in [0.717, 1.165) is 12.1 Å². The third-order valence-electron chi connectivity index (χ3n) is 4.70. The second-order valence-electron chi connectivity index (χ2n) is 7.11. The number of pyridine rings is 1. The van der Waals surface area contributed by atoms with Crippen molar-refractivity contribution in [2.45, 2.75) is 45.1 Å². The standard InChI is InChI=1S/C18H19BF3NO3/c1-16(2)17(3,4)26-19(25-16)14-6-5-11-23-15(14)24-13-9-7-12(8-10-13)18(20,21)22/h5-11H,1-4H3. The van der Waals surface area contributed by atoms with E-state index in [0.29, 0.717) is 5.46 Å². The first-order valence-corrected chi connectivity index (χ1v) is 8.15. The molecule has 0 amide bonds. The Hall–Kier alpha value is -2.06. The Morgan fingerprint density at radius 1 is 0.962 bits per heavy atom. The smallest absolute Gasteiger partial charge is 0.439 e. The molecular formula is C18H19BF3NO3. The van der Waals surface area contributed by atoms with E-state index >= 15 is 0 Å². The lowest BCUT2D eigenvalue weighted by Crippen LogP contribution is -2.41. The lowest BCUT2D eigenvalue weighted by molar-refractivity contribution is -0.137. The Morgan fingerprint density at radius 3 is 2.08 bits per heavy atom. The molecule has 0 unspecified atom stereocenters. The molecular weight excluding hydrogens is 346 g/mol. The molecule has 0 aliphatic carbocycles. The summed E-state index contributed by atoms with van der Waals surface area (Å²) in [6.45, 7) is 7.72. The molecule has 8 heteroatoms. The van der Waals surface area contributed by atoms with E-state index in [1.54, 1.807) is 12.1 Å². The summed E-state index contributed by atoms with van der Waals surface area (Å²) < 4.78 is 55.7. The third kappa shape index (κ3) is 3.57. The number of alkyl halides is 3. The fraction of sp³-hybridized carbons (Fsp3) is 0.389. The molecule has 1 aliphatic rings. The van der Waals surface area contributed by atoms with Gasteiger partial charge in [-0.25, -0.2) is 4.98 Å². The van der Waals surface area contributed by atoms with E-state index in [4.69, 9.17) is 14.0 Å². The molecule has 4 nitrogen and oxygen atoms in total. The van der Waals surface area contributed by atoms with Gasteiger partial charge in [-0.15, -0.1) is 0 Å². The molecule has 1 aromatic heterocycles. The first kappa shape index (κ1) is 18.7. The van der Waals surface area contributed by atoms with Gasteiger partial charge < -0.3 is 14.0 Å². The molecule has 1 saturated heterocycles. The predicted octanol–water partition coefficient (Wildman–Crippen LogP) is 4.19. The second kappa shape index (κ2) is 6.28. The molecule has 0 radical (unpaired) electrons. The highest BCUT2D eigenvalue weighted by Crippen LogP contribution is 2.37. The number of nitrogens with zero attached hydrogens (tertiary/aromatic N) is 1. The minimum atomic E-state index is -4.39. The summed E-state index contributed by atoms with van der Waals surface area (Å²) >= 11 is 0. The Balaban J connectivity index is 1.85. The molecule has 26 heavy (non-hydrogen) atoms. The molecule has 1 aliphatic heterocycles. The van der Waals surface area contributed by atoms with E-state index in [9.17, 15) is 13.2 Å². The number of halogens is 3. The van der Waals surface area contributed by atoms with Crippen molar-refractivity contribution >= 4 is 12.6 Å². The number of ether oxygens (including phenoxy) is 1. The molecule has 0 bridgehead atoms. The van der Waals surface area contributed by atoms with E-state index in [1.165, 1.54) is 18.3 Å². The van der Waals surface area contributed by atoms with Crippen LogP contribution in [0.15, 0.2) is 42.6 Å². The fourth-order valence-corrected chi connectivity index (χ4v) is 2.46. The van der Waals surface area contributed by atoms with Crippen molar-refractivity contribution in [3.05, 3.63) is 48.2 Å². The lowest BCUT2D eigenvalue weighted by atomic mass is 9.80. The molecule has 0 atom stereocenters. The van der Waals surface area contributed by atoms with Crippen molar-refractivity contribution in [2.75, 3.05) is 0 Å². The molecule has 138 valence electrons. The average Bonchev–Trinajstić information content (AvgIpc) is 2.75. The van der Waals surface area contributed by atoms with Gasteiger partial charge in [0, 0.05) is 11.7 Å². The first-order chi connectivity index (χ1) is 12.0. The van der Waals surface area contributed by atoms with Gasteiger partial charge in [0.1, 0.15) is 5.75 Å². The van der Waals surface area contributed by atoms with Crippen LogP contribution in [-0.4, -0.2) is 23.3 Å². The number of hydrogen-bond acceptors (Lipinski definition) is 4. The summed E-state index contributed by atoms with van der Waals surface area (Å²) in [6, 6.07) is 7.92. The Labute approximate surface area is 150 Å². The van der Waals surface area contributed by atoms with Crippen LogP contribution >= 0.6 is 0 Å². The third-order valence-corrected chi connectivity index (χ3v) is 4.70. The maximum atomic E-state index is 12.7. The van der Waals surface area contributed by atoms with Gasteiger partial charge in [0.25, 0.3) is 0 Å². The van der Waals surface area contributed by atoms with Crippen molar-refractivity contribution in [3.63, 3.8) is 0 Å². The minimum absolute atomic E-state index is 0.228. The van der Waals surface area contributed by atoms with Gasteiger partial charge in [-0.2, -0.15) is 13.2 Å². The zero-order valence-corrected chi connectivity index (χ0v) is 14.9. The van der Waals surface area contributed by atoms with Crippen LogP contribution in [0.2, 0.25) is 0 Å². The van der Waals surface area contributed by atoms with Gasteiger partial charge in [-0.3, -0.25) is 0 Å². The Kier molecular flexibility index (Phi) is 4.52. The van der Waals surface area contributed by atoms with E-state index < -0.39 is 30.1 Å². The van der Waals surface area contributed by atoms with Gasteiger partial charge in [0.15, 0.2) is 0 Å². The van der Waals surface area contributed by atoms with Crippen molar-refractivity contribution < 1.29 is 27.2 Å². The summed E-state index contributed by atoms with van der Waals surface area (Å²) in [7, 11) is -0.682. The van der Waals surface area contributed by atoms with Gasteiger partial charge in [-0.05, 0) is 58.0 Å². The predicted molar refractivity (Wildman–Crippen MR) is 91.5 cm³/mol. The van der Waals surface area contributed by atoms with Crippen molar-refractivity contribution in [3.8, 4) is 11.6 Å². The lowest BCUT2D eigenvalue weighted by Gasteiger charge is -2.32. The maximum absolute atomic E-state index is 12.7. The molecule has 1 aromatic carbocycles. The van der Waals surface area contributed by atoms with Gasteiger partial charge in [0.05, 0.1) is 16.8 Å². The van der Waals surface area contributed by atoms with Crippen LogP contribution in [0, 0.1) is 0 Å². The molecule has 0 N–H and O–H groups in total. The van der Waals surface area contributed by atoms with Gasteiger partial charge >= 0.3 is 13.3 Å². The normalized spacial score (nSPS) is 18.8. The van der Waals surface area contributed by atoms with Gasteiger partial charge in [-0.1, -0.05) is 6.07 Å². The highest BCUT2D eigenvalue weighted by Gasteiger charge is 2.52. The average molecular weight is 365 g/mol. The summed E-state index contributed by atoms with van der Waals surface area (Å²) in [4.78, 5) is 4.18. The molecule has 3 rings (SSSR count). The molecule has 1 fully saturated rings. The fourth-order valence-electron chi connectivity index (χ4n) is 2.46. The monoisotopic (exact) mass is 365 g/mol. The highest BCUT2D eigenvalue weighted by molar-refractivity contribution is 6.63. The van der Waals surface area contributed by atoms with Crippen LogP contribution < -0.4 is 10.2 Å². The van der Waals surface area contributed by atoms with Crippen LogP contribution in [0.3, 0.4) is 0 Å². The first-order valence-electron chi connectivity index (χ1n) is 8.15. The number of rotatable bonds is 3. The largest absolute Gasteiger partial charge is 0.500 e. The van der Waals surface area contributed by atoms with Crippen LogP contribution in [-0.2, 0) is 15.5 Å². The second-order valence-corrected chi connectivity index (χ2v) is 7.11. The highest BCUT2D eigenvalue weighted by atomic mass is 19.4. The molecule has 0 saturated carbocycles. The van der Waals surface area contributed by atoms with Crippen molar-refractivity contribution in [2.24, 2.45) is 0 Å². The van der Waals surface area contributed by atoms with Crippen LogP contribution in [0.4, 0.5) is 13.2 Å². The molecule has 2 heterocycles. The van der Waals surface area contributed by atoms with E-state index in [2.05, 4.69) is 4.98 Å². The summed E-state index contributed by atoms with van der Waals surface area (Å²) in [5.74, 6) is 0.472. The topological polar surface area (TPSA) is 40.6 Å². The van der Waals surface area contributed by atoms with Crippen molar-refractivity contribution in [1.82, 2.24) is 4.98 Å². The van der Waals surface area contributed by atoms with E-state index in [-0.39, 0.29) is 11.6 Å². The Morgan fingerprint density at radius 2 is 1.54 bits per heavy atom. The zero-order valence-electron chi connectivity index (χ0n) is 14.9. The van der Waals surface area contributed by atoms with E-state index in [1.807, 2.05) is 27.7 Å². The number of hydrogen-bond donors (Lipinski definition) is 0. The van der Waals surface area contributed by atoms with Crippen molar-refractivity contribution in [1.29, 1.82) is 0 Å². The molecule has 0 spiro atoms. The molecule has 2 aromatic rings. The SMILES string of the molecule is CC1(C)OB(c2cccnc2Oc2ccc(C(F)(F)F)cc2)OC1(C)C. The quantitative estimate of drug-likeness (QED) is 0.765. The van der Waals surface area contributed by atoms with Crippen LogP contribution in [0.5, 0.6) is 11.6 Å².